The summed E-state index contributed by atoms with van der Waals surface area (Å²) in [6.07, 6.45) is 2.03. The minimum atomic E-state index is 0. The number of rotatable bonds is 4. The summed E-state index contributed by atoms with van der Waals surface area (Å²) in [5.41, 5.74) is 1.79. The van der Waals surface area contributed by atoms with Crippen molar-refractivity contribution in [1.29, 1.82) is 0 Å². The average Bonchev–Trinajstić information content (AvgIpc) is 3.00. The molecule has 1 fully saturated rings. The second-order valence-electron chi connectivity index (χ2n) is 5.64. The van der Waals surface area contributed by atoms with Crippen molar-refractivity contribution in [2.24, 2.45) is 0 Å². The zero-order valence-electron chi connectivity index (χ0n) is 12.8. The van der Waals surface area contributed by atoms with E-state index >= 15 is 0 Å². The number of benzene rings is 1. The van der Waals surface area contributed by atoms with E-state index in [-0.39, 0.29) is 1.43 Å². The number of anilines is 3. The van der Waals surface area contributed by atoms with Crippen LogP contribution in [0.5, 0.6) is 0 Å². The van der Waals surface area contributed by atoms with Gasteiger partial charge in [-0.25, -0.2) is 0 Å². The Kier molecular flexibility index (Phi) is 3.81. The van der Waals surface area contributed by atoms with Gasteiger partial charge in [-0.15, -0.1) is 5.10 Å². The van der Waals surface area contributed by atoms with Crippen LogP contribution in [0.25, 0.3) is 5.65 Å². The minimum Gasteiger partial charge on any atom is -0.381 e. The maximum Gasteiger partial charge on any atom is 0.247 e. The fraction of sp³-hybridized carbons (Fsp3) is 0.294. The number of fused-ring (bicyclic) bond motifs is 1. The zero-order valence-corrected chi connectivity index (χ0v) is 12.8. The molecule has 2 aromatic heterocycles. The number of nitrogens with zero attached hydrogens (tertiary/aromatic N) is 3. The van der Waals surface area contributed by atoms with E-state index in [0.29, 0.717) is 12.0 Å². The van der Waals surface area contributed by atoms with E-state index in [1.165, 1.54) is 0 Å². The second kappa shape index (κ2) is 6.26. The summed E-state index contributed by atoms with van der Waals surface area (Å²) < 4.78 is 7.26. The third-order valence-electron chi connectivity index (χ3n) is 3.96. The molecule has 6 nitrogen and oxygen atoms in total. The predicted octanol–water partition coefficient (Wildman–Crippen LogP) is 3.31. The monoisotopic (exact) mass is 311 g/mol. The van der Waals surface area contributed by atoms with Crippen LogP contribution < -0.4 is 10.6 Å². The van der Waals surface area contributed by atoms with Gasteiger partial charge in [0.2, 0.25) is 5.95 Å². The number of aromatic nitrogens is 3. The first-order valence-electron chi connectivity index (χ1n) is 7.91. The average molecular weight is 311 g/mol. The topological polar surface area (TPSA) is 63.5 Å². The maximum atomic E-state index is 5.41. The smallest absolute Gasteiger partial charge is 0.247 e. The molecule has 0 aliphatic carbocycles. The first-order chi connectivity index (χ1) is 11.4. The molecule has 120 valence electrons. The molecular weight excluding hydrogens is 290 g/mol. The Labute approximate surface area is 136 Å². The molecule has 6 heteroatoms. The van der Waals surface area contributed by atoms with Crippen LogP contribution in [0.2, 0.25) is 0 Å². The van der Waals surface area contributed by atoms with Gasteiger partial charge in [0.05, 0.1) is 0 Å². The molecule has 0 amide bonds. The Morgan fingerprint density at radius 1 is 1.04 bits per heavy atom. The summed E-state index contributed by atoms with van der Waals surface area (Å²) >= 11 is 0. The van der Waals surface area contributed by atoms with Crippen LogP contribution in [0.4, 0.5) is 17.5 Å². The summed E-state index contributed by atoms with van der Waals surface area (Å²) in [7, 11) is 0. The Morgan fingerprint density at radius 3 is 2.70 bits per heavy atom. The molecule has 1 aliphatic rings. The van der Waals surface area contributed by atoms with Crippen LogP contribution in [0.3, 0.4) is 0 Å². The molecule has 0 radical (unpaired) electrons. The van der Waals surface area contributed by atoms with E-state index in [2.05, 4.69) is 20.7 Å². The summed E-state index contributed by atoms with van der Waals surface area (Å²) in [5, 5.41) is 11.4. The molecule has 1 aromatic carbocycles. The third-order valence-corrected chi connectivity index (χ3v) is 3.96. The highest BCUT2D eigenvalue weighted by Crippen LogP contribution is 2.19. The third kappa shape index (κ3) is 3.12. The van der Waals surface area contributed by atoms with Crippen LogP contribution in [-0.2, 0) is 4.74 Å². The number of hydrogen-bond donors (Lipinski definition) is 2. The van der Waals surface area contributed by atoms with Crippen molar-refractivity contribution in [3.05, 3.63) is 48.5 Å². The number of pyridine rings is 1. The van der Waals surface area contributed by atoms with Crippen molar-refractivity contribution in [2.75, 3.05) is 23.8 Å². The van der Waals surface area contributed by atoms with Crippen molar-refractivity contribution >= 4 is 23.1 Å². The van der Waals surface area contributed by atoms with E-state index in [1.807, 2.05) is 53.0 Å². The first kappa shape index (κ1) is 14.0. The molecule has 3 heterocycles. The fourth-order valence-electron chi connectivity index (χ4n) is 2.77. The number of nitrogens with one attached hydrogen (secondary N) is 2. The molecule has 0 atom stereocenters. The van der Waals surface area contributed by atoms with Gasteiger partial charge in [0, 0.05) is 26.4 Å². The lowest BCUT2D eigenvalue weighted by atomic mass is 10.1. The minimum absolute atomic E-state index is 0. The van der Waals surface area contributed by atoms with Crippen LogP contribution in [0, 0.1) is 0 Å². The van der Waals surface area contributed by atoms with Crippen LogP contribution in [0.15, 0.2) is 48.5 Å². The Balaban J connectivity index is 0.00000169. The van der Waals surface area contributed by atoms with Gasteiger partial charge in [0.25, 0.3) is 0 Å². The lowest BCUT2D eigenvalue weighted by molar-refractivity contribution is 0.0903. The summed E-state index contributed by atoms with van der Waals surface area (Å²) in [5.74, 6) is 1.56. The van der Waals surface area contributed by atoms with Gasteiger partial charge in [-0.05, 0) is 37.1 Å². The van der Waals surface area contributed by atoms with E-state index in [0.717, 1.165) is 43.2 Å². The van der Waals surface area contributed by atoms with Crippen LogP contribution in [0.1, 0.15) is 14.3 Å². The standard InChI is InChI=1S/C17H19N5O.H2/c1-2-5-13(6-3-1)19-17-20-16-8-4-7-15(22(16)21-17)18-14-9-11-23-12-10-14;/h1-8,14,18H,9-12H2,(H,19,21);1H. The van der Waals surface area contributed by atoms with E-state index in [9.17, 15) is 0 Å². The van der Waals surface area contributed by atoms with Crippen molar-refractivity contribution < 1.29 is 6.16 Å². The van der Waals surface area contributed by atoms with Gasteiger partial charge in [-0.3, -0.25) is 0 Å². The predicted molar refractivity (Wildman–Crippen MR) is 92.3 cm³/mol. The molecule has 1 aliphatic heterocycles. The van der Waals surface area contributed by atoms with Crippen molar-refractivity contribution in [3.8, 4) is 0 Å². The van der Waals surface area contributed by atoms with Gasteiger partial charge < -0.3 is 15.4 Å². The fourth-order valence-corrected chi connectivity index (χ4v) is 2.77. The number of ether oxygens (including phenoxy) is 1. The first-order valence-corrected chi connectivity index (χ1v) is 7.91. The molecule has 1 saturated heterocycles. The summed E-state index contributed by atoms with van der Waals surface area (Å²) in [4.78, 5) is 4.54. The van der Waals surface area contributed by atoms with Gasteiger partial charge >= 0.3 is 0 Å². The molecule has 4 rings (SSSR count). The molecule has 0 saturated carbocycles. The Morgan fingerprint density at radius 2 is 1.87 bits per heavy atom. The van der Waals surface area contributed by atoms with Crippen molar-refractivity contribution in [2.45, 2.75) is 18.9 Å². The molecule has 0 spiro atoms. The Hall–Kier alpha value is -2.60. The second-order valence-corrected chi connectivity index (χ2v) is 5.64. The van der Waals surface area contributed by atoms with Crippen molar-refractivity contribution in [1.82, 2.24) is 14.6 Å². The molecule has 0 unspecified atom stereocenters. The van der Waals surface area contributed by atoms with Gasteiger partial charge in [-0.2, -0.15) is 9.50 Å². The van der Waals surface area contributed by atoms with Crippen LogP contribution >= 0.6 is 0 Å². The molecule has 0 bridgehead atoms. The van der Waals surface area contributed by atoms with Gasteiger partial charge in [0.15, 0.2) is 5.65 Å². The number of para-hydroxylation sites is 1. The highest BCUT2D eigenvalue weighted by Gasteiger charge is 2.15. The van der Waals surface area contributed by atoms with Gasteiger partial charge in [-0.1, -0.05) is 24.3 Å². The molecule has 3 aromatic rings. The van der Waals surface area contributed by atoms with Crippen LogP contribution in [-0.4, -0.2) is 33.9 Å². The summed E-state index contributed by atoms with van der Waals surface area (Å²) in [6.45, 7) is 1.62. The van der Waals surface area contributed by atoms with E-state index in [4.69, 9.17) is 4.74 Å². The lowest BCUT2D eigenvalue weighted by Crippen LogP contribution is -2.28. The quantitative estimate of drug-likeness (QED) is 0.774. The van der Waals surface area contributed by atoms with Crippen molar-refractivity contribution in [3.63, 3.8) is 0 Å². The Bertz CT molecular complexity index is 786. The van der Waals surface area contributed by atoms with Gasteiger partial charge in [0.1, 0.15) is 5.82 Å². The maximum absolute atomic E-state index is 5.41. The molecule has 2 N–H and O–H groups in total. The number of hydrogen-bond acceptors (Lipinski definition) is 5. The van der Waals surface area contributed by atoms with E-state index in [1.54, 1.807) is 0 Å². The highest BCUT2D eigenvalue weighted by molar-refractivity contribution is 5.57. The highest BCUT2D eigenvalue weighted by atomic mass is 16.5. The molecular formula is C17H21N5O. The van der Waals surface area contributed by atoms with E-state index < -0.39 is 0 Å². The SMILES string of the molecule is [HH].c1ccc(Nc2nc3cccc(NC4CCOCC4)n3n2)cc1. The zero-order chi connectivity index (χ0) is 15.5. The normalized spacial score (nSPS) is 15.7. The molecule has 23 heavy (non-hydrogen) atoms. The summed E-state index contributed by atoms with van der Waals surface area (Å²) in [6, 6.07) is 16.3. The largest absolute Gasteiger partial charge is 0.381 e. The lowest BCUT2D eigenvalue weighted by Gasteiger charge is -2.24.